The summed E-state index contributed by atoms with van der Waals surface area (Å²) in [6, 6.07) is 7.15. The van der Waals surface area contributed by atoms with E-state index in [1.807, 2.05) is 12.1 Å². The Morgan fingerprint density at radius 1 is 1.39 bits per heavy atom. The van der Waals surface area contributed by atoms with Crippen molar-refractivity contribution in [3.8, 4) is 0 Å². The van der Waals surface area contributed by atoms with Crippen molar-refractivity contribution in [1.82, 2.24) is 19.8 Å². The molecule has 0 aliphatic heterocycles. The molecule has 0 atom stereocenters. The van der Waals surface area contributed by atoms with Crippen LogP contribution in [0.15, 0.2) is 36.7 Å². The van der Waals surface area contributed by atoms with E-state index in [0.717, 1.165) is 10.1 Å². The van der Waals surface area contributed by atoms with Gasteiger partial charge in [0.25, 0.3) is 0 Å². The molecule has 5 nitrogen and oxygen atoms in total. The number of alkyl halides is 2. The zero-order valence-corrected chi connectivity index (χ0v) is 13.3. The van der Waals surface area contributed by atoms with E-state index in [1.54, 1.807) is 24.1 Å². The number of carbonyl (C=O) groups excluding carboxylic acids is 1. The predicted molar refractivity (Wildman–Crippen MR) is 83.1 cm³/mol. The van der Waals surface area contributed by atoms with Crippen molar-refractivity contribution in [3.05, 3.63) is 53.1 Å². The largest absolute Gasteiger partial charge is 0.351 e. The zero-order chi connectivity index (χ0) is 16.8. The van der Waals surface area contributed by atoms with Crippen molar-refractivity contribution in [2.24, 2.45) is 0 Å². The molecular weight excluding hydrogens is 326 g/mol. The highest BCUT2D eigenvalue weighted by Gasteiger charge is 2.14. The molecule has 0 radical (unpaired) electrons. The molecule has 2 rings (SSSR count). The summed E-state index contributed by atoms with van der Waals surface area (Å²) in [7, 11) is 1.67. The molecule has 23 heavy (non-hydrogen) atoms. The standard InChI is InChI=1S/C15H17ClF2N4O/c1-21(9-13-19-6-7-22(13)15(17)18)10-14(23)20-8-11-2-4-12(16)5-3-11/h2-7,15H,8-10H2,1H3,(H,20,23). The Morgan fingerprint density at radius 3 is 2.74 bits per heavy atom. The topological polar surface area (TPSA) is 50.2 Å². The Bertz CT molecular complexity index is 645. The van der Waals surface area contributed by atoms with Crippen LogP contribution in [0.2, 0.25) is 5.02 Å². The first kappa shape index (κ1) is 17.4. The summed E-state index contributed by atoms with van der Waals surface area (Å²) in [6.07, 6.45) is 2.53. The van der Waals surface area contributed by atoms with Crippen molar-refractivity contribution < 1.29 is 13.6 Å². The lowest BCUT2D eigenvalue weighted by Gasteiger charge is -2.16. The molecule has 8 heteroatoms. The number of carbonyl (C=O) groups is 1. The van der Waals surface area contributed by atoms with Gasteiger partial charge in [-0.3, -0.25) is 14.3 Å². The number of benzene rings is 1. The molecule has 1 amide bonds. The monoisotopic (exact) mass is 342 g/mol. The van der Waals surface area contributed by atoms with Gasteiger partial charge in [0.05, 0.1) is 13.1 Å². The van der Waals surface area contributed by atoms with E-state index >= 15 is 0 Å². The molecule has 0 saturated carbocycles. The number of hydrogen-bond acceptors (Lipinski definition) is 3. The lowest BCUT2D eigenvalue weighted by molar-refractivity contribution is -0.122. The first-order valence-corrected chi connectivity index (χ1v) is 7.33. The van der Waals surface area contributed by atoms with Gasteiger partial charge in [0.15, 0.2) is 0 Å². The van der Waals surface area contributed by atoms with Crippen LogP contribution in [0.1, 0.15) is 17.9 Å². The Kier molecular flexibility index (Phi) is 6.06. The van der Waals surface area contributed by atoms with Crippen LogP contribution >= 0.6 is 11.6 Å². The van der Waals surface area contributed by atoms with Crippen molar-refractivity contribution in [2.45, 2.75) is 19.6 Å². The van der Waals surface area contributed by atoms with Gasteiger partial charge in [-0.15, -0.1) is 0 Å². The second kappa shape index (κ2) is 8.03. The molecule has 0 fully saturated rings. The number of halogens is 3. The Hall–Kier alpha value is -1.99. The Labute approximate surface area is 137 Å². The highest BCUT2D eigenvalue weighted by atomic mass is 35.5. The molecule has 1 heterocycles. The Morgan fingerprint density at radius 2 is 2.09 bits per heavy atom. The molecule has 0 unspecified atom stereocenters. The smallest absolute Gasteiger partial charge is 0.319 e. The summed E-state index contributed by atoms with van der Waals surface area (Å²) in [5.74, 6) is 0.0191. The molecule has 0 aliphatic carbocycles. The van der Waals surface area contributed by atoms with E-state index in [4.69, 9.17) is 11.6 Å². The van der Waals surface area contributed by atoms with Gasteiger partial charge in [0.2, 0.25) is 5.91 Å². The number of rotatable bonds is 7. The minimum Gasteiger partial charge on any atom is -0.351 e. The van der Waals surface area contributed by atoms with E-state index in [2.05, 4.69) is 10.3 Å². The number of aromatic nitrogens is 2. The number of amides is 1. The molecule has 1 aromatic heterocycles. The summed E-state index contributed by atoms with van der Waals surface area (Å²) in [5.41, 5.74) is 0.929. The van der Waals surface area contributed by atoms with Crippen LogP contribution in [-0.2, 0) is 17.9 Å². The van der Waals surface area contributed by atoms with Crippen molar-refractivity contribution in [3.63, 3.8) is 0 Å². The first-order valence-electron chi connectivity index (χ1n) is 6.95. The summed E-state index contributed by atoms with van der Waals surface area (Å²) >= 11 is 5.79. The molecule has 0 saturated heterocycles. The predicted octanol–water partition coefficient (Wildman–Crippen LogP) is 2.68. The molecule has 1 aromatic carbocycles. The van der Waals surface area contributed by atoms with Gasteiger partial charge in [-0.05, 0) is 24.7 Å². The third kappa shape index (κ3) is 5.30. The van der Waals surface area contributed by atoms with Crippen LogP contribution in [0.5, 0.6) is 0 Å². The molecule has 2 aromatic rings. The van der Waals surface area contributed by atoms with Gasteiger partial charge in [-0.2, -0.15) is 8.78 Å². The average Bonchev–Trinajstić information content (AvgIpc) is 2.94. The van der Waals surface area contributed by atoms with E-state index < -0.39 is 6.55 Å². The Balaban J connectivity index is 1.80. The van der Waals surface area contributed by atoms with Crippen LogP contribution < -0.4 is 5.32 Å². The fraction of sp³-hybridized carbons (Fsp3) is 0.333. The van der Waals surface area contributed by atoms with Gasteiger partial charge in [-0.1, -0.05) is 23.7 Å². The zero-order valence-electron chi connectivity index (χ0n) is 12.5. The SMILES string of the molecule is CN(CC(=O)NCc1ccc(Cl)cc1)Cc1nccn1C(F)F. The van der Waals surface area contributed by atoms with E-state index in [0.29, 0.717) is 11.6 Å². The maximum atomic E-state index is 12.7. The van der Waals surface area contributed by atoms with E-state index in [9.17, 15) is 13.6 Å². The third-order valence-corrected chi connectivity index (χ3v) is 3.44. The van der Waals surface area contributed by atoms with Crippen LogP contribution in [0, 0.1) is 0 Å². The van der Waals surface area contributed by atoms with Gasteiger partial charge in [0.1, 0.15) is 5.82 Å². The van der Waals surface area contributed by atoms with E-state index in [-0.39, 0.29) is 24.8 Å². The summed E-state index contributed by atoms with van der Waals surface area (Å²) in [5, 5.41) is 3.40. The first-order chi connectivity index (χ1) is 11.0. The van der Waals surface area contributed by atoms with Crippen LogP contribution in [0.3, 0.4) is 0 Å². The minimum atomic E-state index is -2.64. The van der Waals surface area contributed by atoms with Crippen LogP contribution in [-0.4, -0.2) is 34.0 Å². The molecule has 0 bridgehead atoms. The lowest BCUT2D eigenvalue weighted by atomic mass is 10.2. The average molecular weight is 343 g/mol. The summed E-state index contributed by atoms with van der Waals surface area (Å²) < 4.78 is 26.2. The van der Waals surface area contributed by atoms with Crippen molar-refractivity contribution >= 4 is 17.5 Å². The summed E-state index contributed by atoms with van der Waals surface area (Å²) in [6.45, 7) is -2.01. The molecule has 0 spiro atoms. The van der Waals surface area contributed by atoms with Crippen LogP contribution in [0.25, 0.3) is 0 Å². The maximum absolute atomic E-state index is 12.7. The lowest BCUT2D eigenvalue weighted by Crippen LogP contribution is -2.35. The highest BCUT2D eigenvalue weighted by Crippen LogP contribution is 2.13. The van der Waals surface area contributed by atoms with Gasteiger partial charge in [0, 0.05) is 24.0 Å². The minimum absolute atomic E-state index is 0.0870. The fourth-order valence-corrected chi connectivity index (χ4v) is 2.17. The van der Waals surface area contributed by atoms with Crippen molar-refractivity contribution in [1.29, 1.82) is 0 Å². The number of nitrogens with one attached hydrogen (secondary N) is 1. The number of likely N-dealkylation sites (N-methyl/N-ethyl adjacent to an activating group) is 1. The number of hydrogen-bond donors (Lipinski definition) is 1. The second-order valence-corrected chi connectivity index (χ2v) is 5.54. The fourth-order valence-electron chi connectivity index (χ4n) is 2.05. The van der Waals surface area contributed by atoms with E-state index in [1.165, 1.54) is 12.4 Å². The second-order valence-electron chi connectivity index (χ2n) is 5.10. The third-order valence-electron chi connectivity index (χ3n) is 3.19. The van der Waals surface area contributed by atoms with Gasteiger partial charge < -0.3 is 5.32 Å². The van der Waals surface area contributed by atoms with Crippen molar-refractivity contribution in [2.75, 3.05) is 13.6 Å². The quantitative estimate of drug-likeness (QED) is 0.841. The van der Waals surface area contributed by atoms with Gasteiger partial charge in [-0.25, -0.2) is 4.98 Å². The number of imidazole rings is 1. The molecule has 124 valence electrons. The highest BCUT2D eigenvalue weighted by molar-refractivity contribution is 6.30. The summed E-state index contributed by atoms with van der Waals surface area (Å²) in [4.78, 5) is 17.4. The number of nitrogens with zero attached hydrogens (tertiary/aromatic N) is 3. The normalized spacial score (nSPS) is 11.2. The van der Waals surface area contributed by atoms with Gasteiger partial charge >= 0.3 is 6.55 Å². The van der Waals surface area contributed by atoms with Crippen LogP contribution in [0.4, 0.5) is 8.78 Å². The maximum Gasteiger partial charge on any atom is 0.319 e. The molecular formula is C15H17ClF2N4O. The molecule has 0 aliphatic rings. The molecule has 1 N–H and O–H groups in total.